The van der Waals surface area contributed by atoms with E-state index in [1.54, 1.807) is 11.3 Å². The number of thiophene rings is 1. The standard InChI is InChI=1S/C8H10INOS/c1-10(2)5-6(11)7-3-4-8(9)12-7/h3-4H,5H2,1-2H3. The van der Waals surface area contributed by atoms with Crippen molar-refractivity contribution in [3.63, 3.8) is 0 Å². The van der Waals surface area contributed by atoms with Gasteiger partial charge in [0.2, 0.25) is 0 Å². The lowest BCUT2D eigenvalue weighted by molar-refractivity contribution is 0.0962. The molecule has 2 nitrogen and oxygen atoms in total. The number of carbonyl (C=O) groups excluding carboxylic acids is 1. The van der Waals surface area contributed by atoms with Crippen LogP contribution in [0.25, 0.3) is 0 Å². The Kier molecular flexibility index (Phi) is 3.67. The summed E-state index contributed by atoms with van der Waals surface area (Å²) in [4.78, 5) is 14.2. The first-order valence-electron chi connectivity index (χ1n) is 3.53. The first kappa shape index (κ1) is 10.1. The molecule has 1 aromatic rings. The van der Waals surface area contributed by atoms with Gasteiger partial charge in [-0.1, -0.05) is 0 Å². The van der Waals surface area contributed by atoms with Crippen molar-refractivity contribution in [2.45, 2.75) is 0 Å². The third kappa shape index (κ3) is 2.84. The number of Topliss-reactive ketones (excluding diaryl/α,β-unsaturated/α-hetero) is 1. The lowest BCUT2D eigenvalue weighted by atomic mass is 10.3. The Hall–Kier alpha value is 0.0600. The summed E-state index contributed by atoms with van der Waals surface area (Å²) < 4.78 is 1.16. The molecule has 0 fully saturated rings. The van der Waals surface area contributed by atoms with Gasteiger partial charge in [0.25, 0.3) is 0 Å². The molecule has 0 unspecified atom stereocenters. The summed E-state index contributed by atoms with van der Waals surface area (Å²) in [7, 11) is 3.80. The van der Waals surface area contributed by atoms with Gasteiger partial charge in [0.1, 0.15) is 0 Å². The molecule has 0 aliphatic rings. The maximum absolute atomic E-state index is 11.4. The number of carbonyl (C=O) groups is 1. The van der Waals surface area contributed by atoms with Gasteiger partial charge in [0.15, 0.2) is 5.78 Å². The molecule has 0 radical (unpaired) electrons. The monoisotopic (exact) mass is 295 g/mol. The van der Waals surface area contributed by atoms with Crippen molar-refractivity contribution in [1.82, 2.24) is 4.90 Å². The van der Waals surface area contributed by atoms with Crippen LogP contribution in [0.5, 0.6) is 0 Å². The third-order valence-electron chi connectivity index (χ3n) is 1.31. The fourth-order valence-corrected chi connectivity index (χ4v) is 2.38. The van der Waals surface area contributed by atoms with E-state index < -0.39 is 0 Å². The van der Waals surface area contributed by atoms with Crippen molar-refractivity contribution < 1.29 is 4.79 Å². The molecule has 0 atom stereocenters. The van der Waals surface area contributed by atoms with Crippen molar-refractivity contribution in [3.8, 4) is 0 Å². The Morgan fingerprint density at radius 1 is 1.58 bits per heavy atom. The van der Waals surface area contributed by atoms with Crippen LogP contribution in [0.15, 0.2) is 12.1 Å². The normalized spacial score (nSPS) is 10.7. The van der Waals surface area contributed by atoms with Gasteiger partial charge in [-0.15, -0.1) is 11.3 Å². The number of rotatable bonds is 3. The maximum atomic E-state index is 11.4. The molecule has 4 heteroatoms. The van der Waals surface area contributed by atoms with Gasteiger partial charge in [-0.2, -0.15) is 0 Å². The second-order valence-electron chi connectivity index (χ2n) is 2.76. The minimum atomic E-state index is 0.202. The van der Waals surface area contributed by atoms with E-state index >= 15 is 0 Å². The molecule has 0 amide bonds. The summed E-state index contributed by atoms with van der Waals surface area (Å²) in [6.07, 6.45) is 0. The van der Waals surface area contributed by atoms with Crippen LogP contribution in [-0.2, 0) is 0 Å². The van der Waals surface area contributed by atoms with Crippen LogP contribution in [0.3, 0.4) is 0 Å². The van der Waals surface area contributed by atoms with Gasteiger partial charge in [-0.25, -0.2) is 0 Å². The zero-order chi connectivity index (χ0) is 9.14. The molecular formula is C8H10INOS. The molecule has 0 aliphatic heterocycles. The fourth-order valence-electron chi connectivity index (χ4n) is 0.829. The Labute approximate surface area is 89.7 Å². The average Bonchev–Trinajstić information content (AvgIpc) is 2.34. The SMILES string of the molecule is CN(C)CC(=O)c1ccc(I)s1. The molecule has 0 saturated heterocycles. The first-order valence-corrected chi connectivity index (χ1v) is 5.42. The van der Waals surface area contributed by atoms with E-state index in [-0.39, 0.29) is 5.78 Å². The van der Waals surface area contributed by atoms with Gasteiger partial charge < -0.3 is 4.90 Å². The minimum Gasteiger partial charge on any atom is -0.302 e. The molecule has 0 bridgehead atoms. The predicted octanol–water partition coefficient (Wildman–Crippen LogP) is 2.10. The molecule has 1 heterocycles. The second-order valence-corrected chi connectivity index (χ2v) is 5.74. The fraction of sp³-hybridized carbons (Fsp3) is 0.375. The van der Waals surface area contributed by atoms with E-state index in [2.05, 4.69) is 22.6 Å². The lowest BCUT2D eigenvalue weighted by Gasteiger charge is -2.05. The molecular weight excluding hydrogens is 285 g/mol. The number of nitrogens with zero attached hydrogens (tertiary/aromatic N) is 1. The number of hydrogen-bond donors (Lipinski definition) is 0. The Morgan fingerprint density at radius 3 is 2.67 bits per heavy atom. The smallest absolute Gasteiger partial charge is 0.186 e. The molecule has 0 aromatic carbocycles. The summed E-state index contributed by atoms with van der Waals surface area (Å²) in [5.74, 6) is 0.202. The summed E-state index contributed by atoms with van der Waals surface area (Å²) in [6.45, 7) is 0.497. The van der Waals surface area contributed by atoms with Gasteiger partial charge >= 0.3 is 0 Å². The number of likely N-dealkylation sites (N-methyl/N-ethyl adjacent to an activating group) is 1. The maximum Gasteiger partial charge on any atom is 0.186 e. The van der Waals surface area contributed by atoms with Crippen molar-refractivity contribution in [1.29, 1.82) is 0 Å². The second kappa shape index (κ2) is 4.34. The van der Waals surface area contributed by atoms with Gasteiger partial charge in [0.05, 0.1) is 14.3 Å². The van der Waals surface area contributed by atoms with Crippen molar-refractivity contribution in [2.75, 3.05) is 20.6 Å². The van der Waals surface area contributed by atoms with Gasteiger partial charge in [0, 0.05) is 0 Å². The molecule has 0 spiro atoms. The van der Waals surface area contributed by atoms with E-state index in [4.69, 9.17) is 0 Å². The Balaban J connectivity index is 2.65. The number of hydrogen-bond acceptors (Lipinski definition) is 3. The highest BCUT2D eigenvalue weighted by Gasteiger charge is 2.08. The van der Waals surface area contributed by atoms with Crippen LogP contribution in [-0.4, -0.2) is 31.3 Å². The van der Waals surface area contributed by atoms with E-state index in [0.717, 1.165) is 7.76 Å². The van der Waals surface area contributed by atoms with E-state index in [9.17, 15) is 4.79 Å². The molecule has 0 N–H and O–H groups in total. The average molecular weight is 295 g/mol. The Bertz CT molecular complexity index is 282. The summed E-state index contributed by atoms with van der Waals surface area (Å²) in [6, 6.07) is 3.85. The van der Waals surface area contributed by atoms with Crippen LogP contribution < -0.4 is 0 Å². The highest BCUT2D eigenvalue weighted by Crippen LogP contribution is 2.18. The molecule has 66 valence electrons. The zero-order valence-corrected chi connectivity index (χ0v) is 9.98. The van der Waals surface area contributed by atoms with E-state index in [0.29, 0.717) is 6.54 Å². The highest BCUT2D eigenvalue weighted by molar-refractivity contribution is 14.1. The van der Waals surface area contributed by atoms with Crippen LogP contribution in [0, 0.1) is 2.88 Å². The summed E-state index contributed by atoms with van der Waals surface area (Å²) in [5.41, 5.74) is 0. The third-order valence-corrected chi connectivity index (χ3v) is 3.24. The Morgan fingerprint density at radius 2 is 2.25 bits per heavy atom. The topological polar surface area (TPSA) is 20.3 Å². The lowest BCUT2D eigenvalue weighted by Crippen LogP contribution is -2.20. The number of ketones is 1. The predicted molar refractivity (Wildman–Crippen MR) is 59.9 cm³/mol. The summed E-state index contributed by atoms with van der Waals surface area (Å²) in [5, 5.41) is 0. The molecule has 1 rings (SSSR count). The van der Waals surface area contributed by atoms with Crippen LogP contribution in [0.4, 0.5) is 0 Å². The van der Waals surface area contributed by atoms with Crippen molar-refractivity contribution >= 4 is 39.7 Å². The quantitative estimate of drug-likeness (QED) is 0.629. The van der Waals surface area contributed by atoms with E-state index in [1.165, 1.54) is 0 Å². The van der Waals surface area contributed by atoms with Crippen LogP contribution >= 0.6 is 33.9 Å². The van der Waals surface area contributed by atoms with Gasteiger partial charge in [-0.05, 0) is 48.8 Å². The van der Waals surface area contributed by atoms with Crippen molar-refractivity contribution in [3.05, 3.63) is 19.9 Å². The highest BCUT2D eigenvalue weighted by atomic mass is 127. The van der Waals surface area contributed by atoms with Crippen molar-refractivity contribution in [2.24, 2.45) is 0 Å². The summed E-state index contributed by atoms with van der Waals surface area (Å²) >= 11 is 3.77. The van der Waals surface area contributed by atoms with Crippen LogP contribution in [0.2, 0.25) is 0 Å². The molecule has 12 heavy (non-hydrogen) atoms. The largest absolute Gasteiger partial charge is 0.302 e. The first-order chi connectivity index (χ1) is 5.59. The molecule has 0 saturated carbocycles. The minimum absolute atomic E-state index is 0.202. The van der Waals surface area contributed by atoms with E-state index in [1.807, 2.05) is 31.1 Å². The van der Waals surface area contributed by atoms with Crippen LogP contribution in [0.1, 0.15) is 9.67 Å². The van der Waals surface area contributed by atoms with Gasteiger partial charge in [-0.3, -0.25) is 4.79 Å². The zero-order valence-electron chi connectivity index (χ0n) is 7.00. The molecule has 0 aliphatic carbocycles. The molecule has 1 aromatic heterocycles. The number of halogens is 1.